The van der Waals surface area contributed by atoms with Gasteiger partial charge in [-0.25, -0.2) is 0 Å². The van der Waals surface area contributed by atoms with E-state index in [0.717, 1.165) is 25.5 Å². The lowest BCUT2D eigenvalue weighted by molar-refractivity contribution is -0.107. The minimum atomic E-state index is 0.579. The second-order valence-electron chi connectivity index (χ2n) is 7.17. The van der Waals surface area contributed by atoms with Gasteiger partial charge in [-0.3, -0.25) is 0 Å². The molecule has 0 aromatic heterocycles. The summed E-state index contributed by atoms with van der Waals surface area (Å²) in [5, 5.41) is 8.32. The molecule has 0 N–H and O–H groups in total. The topological polar surface area (TPSA) is 40.9 Å². The zero-order chi connectivity index (χ0) is 19.6. The number of aldehydes is 1. The number of allylic oxidation sites excluding steroid dienone is 2. The van der Waals surface area contributed by atoms with Gasteiger partial charge in [0.1, 0.15) is 6.29 Å². The van der Waals surface area contributed by atoms with Gasteiger partial charge in [-0.1, -0.05) is 109 Å². The number of rotatable bonds is 18. The van der Waals surface area contributed by atoms with Crippen molar-refractivity contribution in [2.45, 2.75) is 129 Å². The average molecular weight is 364 g/mol. The highest BCUT2D eigenvalue weighted by Gasteiger charge is 1.91. The SMILES string of the molecule is CCCCCCCCC=CCC=O.CCCCCCCCCCCC#N. The predicted octanol–water partition coefficient (Wildman–Crippen LogP) is 8.31. The summed E-state index contributed by atoms with van der Waals surface area (Å²) in [4.78, 5) is 9.96. The highest BCUT2D eigenvalue weighted by molar-refractivity contribution is 5.51. The smallest absolute Gasteiger partial charge is 0.123 e. The zero-order valence-corrected chi connectivity index (χ0v) is 17.8. The molecule has 0 amide bonds. The fourth-order valence-corrected chi connectivity index (χ4v) is 2.83. The minimum absolute atomic E-state index is 0.579. The molecule has 0 aliphatic carbocycles. The van der Waals surface area contributed by atoms with E-state index in [1.165, 1.54) is 89.9 Å². The van der Waals surface area contributed by atoms with Crippen LogP contribution in [0.25, 0.3) is 0 Å². The van der Waals surface area contributed by atoms with E-state index in [-0.39, 0.29) is 0 Å². The Morgan fingerprint density at radius 3 is 1.58 bits per heavy atom. The van der Waals surface area contributed by atoms with Crippen LogP contribution in [0.2, 0.25) is 0 Å². The molecule has 152 valence electrons. The summed E-state index contributed by atoms with van der Waals surface area (Å²) in [6.45, 7) is 4.49. The molecule has 0 unspecified atom stereocenters. The van der Waals surface area contributed by atoms with E-state index in [0.29, 0.717) is 6.42 Å². The summed E-state index contributed by atoms with van der Waals surface area (Å²) in [5.41, 5.74) is 0. The summed E-state index contributed by atoms with van der Waals surface area (Å²) >= 11 is 0. The molecule has 0 radical (unpaired) electrons. The van der Waals surface area contributed by atoms with Crippen molar-refractivity contribution in [1.29, 1.82) is 5.26 Å². The highest BCUT2D eigenvalue weighted by atomic mass is 16.1. The molecule has 26 heavy (non-hydrogen) atoms. The molecule has 0 saturated carbocycles. The number of carbonyl (C=O) groups is 1. The van der Waals surface area contributed by atoms with Crippen molar-refractivity contribution in [2.24, 2.45) is 0 Å². The monoisotopic (exact) mass is 363 g/mol. The Kier molecular flexibility index (Phi) is 29.9. The molecule has 0 heterocycles. The van der Waals surface area contributed by atoms with Crippen LogP contribution in [0.4, 0.5) is 0 Å². The summed E-state index contributed by atoms with van der Waals surface area (Å²) < 4.78 is 0. The minimum Gasteiger partial charge on any atom is -0.303 e. The number of hydrogen-bond acceptors (Lipinski definition) is 2. The number of nitrogens with zero attached hydrogens (tertiary/aromatic N) is 1. The van der Waals surface area contributed by atoms with Gasteiger partial charge in [0.2, 0.25) is 0 Å². The molecule has 0 spiro atoms. The van der Waals surface area contributed by atoms with Gasteiger partial charge in [0, 0.05) is 12.8 Å². The van der Waals surface area contributed by atoms with Gasteiger partial charge >= 0.3 is 0 Å². The van der Waals surface area contributed by atoms with Gasteiger partial charge in [0.05, 0.1) is 6.07 Å². The summed E-state index contributed by atoms with van der Waals surface area (Å²) in [7, 11) is 0. The molecular weight excluding hydrogens is 318 g/mol. The Morgan fingerprint density at radius 2 is 1.12 bits per heavy atom. The van der Waals surface area contributed by atoms with Crippen LogP contribution in [0.1, 0.15) is 129 Å². The molecule has 2 heteroatoms. The van der Waals surface area contributed by atoms with Crippen molar-refractivity contribution in [3.63, 3.8) is 0 Å². The largest absolute Gasteiger partial charge is 0.303 e. The van der Waals surface area contributed by atoms with Crippen LogP contribution in [-0.2, 0) is 4.79 Å². The number of hydrogen-bond donors (Lipinski definition) is 0. The Morgan fingerprint density at radius 1 is 0.654 bits per heavy atom. The fourth-order valence-electron chi connectivity index (χ4n) is 2.83. The molecule has 0 aliphatic rings. The fraction of sp³-hybridized carbons (Fsp3) is 0.833. The molecule has 0 fully saturated rings. The number of carbonyl (C=O) groups excluding carboxylic acids is 1. The Labute approximate surface area is 164 Å². The summed E-state index contributed by atoms with van der Waals surface area (Å²) in [5.74, 6) is 0. The van der Waals surface area contributed by atoms with Gasteiger partial charge in [0.25, 0.3) is 0 Å². The molecule has 0 aromatic carbocycles. The van der Waals surface area contributed by atoms with Crippen LogP contribution < -0.4 is 0 Å². The predicted molar refractivity (Wildman–Crippen MR) is 115 cm³/mol. The van der Waals surface area contributed by atoms with Crippen LogP contribution in [0.5, 0.6) is 0 Å². The maximum absolute atomic E-state index is 9.96. The van der Waals surface area contributed by atoms with Gasteiger partial charge < -0.3 is 4.79 Å². The number of unbranched alkanes of at least 4 members (excludes halogenated alkanes) is 15. The van der Waals surface area contributed by atoms with Gasteiger partial charge in [-0.2, -0.15) is 5.26 Å². The third-order valence-corrected chi connectivity index (χ3v) is 4.52. The lowest BCUT2D eigenvalue weighted by Gasteiger charge is -1.99. The van der Waals surface area contributed by atoms with Crippen molar-refractivity contribution in [2.75, 3.05) is 0 Å². The van der Waals surface area contributed by atoms with E-state index in [1.807, 2.05) is 6.08 Å². The van der Waals surface area contributed by atoms with Crippen molar-refractivity contribution >= 4 is 6.29 Å². The molecule has 0 atom stereocenters. The maximum Gasteiger partial charge on any atom is 0.123 e. The van der Waals surface area contributed by atoms with E-state index >= 15 is 0 Å². The van der Waals surface area contributed by atoms with E-state index in [9.17, 15) is 4.79 Å². The van der Waals surface area contributed by atoms with E-state index in [1.54, 1.807) is 0 Å². The summed E-state index contributed by atoms with van der Waals surface area (Å²) in [6.07, 6.45) is 27.5. The second kappa shape index (κ2) is 28.7. The van der Waals surface area contributed by atoms with Crippen molar-refractivity contribution < 1.29 is 4.79 Å². The Hall–Kier alpha value is -1.10. The first-order valence-corrected chi connectivity index (χ1v) is 11.3. The first-order valence-electron chi connectivity index (χ1n) is 11.3. The molecule has 0 rings (SSSR count). The molecular formula is C24H45NO. The van der Waals surface area contributed by atoms with Gasteiger partial charge in [0.15, 0.2) is 0 Å². The molecule has 0 saturated heterocycles. The van der Waals surface area contributed by atoms with E-state index in [2.05, 4.69) is 26.0 Å². The van der Waals surface area contributed by atoms with Crippen LogP contribution in [0.15, 0.2) is 12.2 Å². The normalized spacial score (nSPS) is 10.3. The lowest BCUT2D eigenvalue weighted by atomic mass is 10.1. The van der Waals surface area contributed by atoms with Crippen LogP contribution in [0, 0.1) is 11.3 Å². The zero-order valence-electron chi connectivity index (χ0n) is 17.8. The standard InChI is InChI=1S/C12H23N.C12H22O/c2*1-2-3-4-5-6-7-8-9-10-11-12-13/h2-11H2,1H3;9-10,12H,2-8,11H2,1H3. The van der Waals surface area contributed by atoms with Crippen LogP contribution >= 0.6 is 0 Å². The third kappa shape index (κ3) is 30.7. The van der Waals surface area contributed by atoms with Gasteiger partial charge in [-0.05, 0) is 19.3 Å². The van der Waals surface area contributed by atoms with Crippen molar-refractivity contribution in [1.82, 2.24) is 0 Å². The quantitative estimate of drug-likeness (QED) is 0.139. The summed E-state index contributed by atoms with van der Waals surface area (Å²) in [6, 6.07) is 2.19. The maximum atomic E-state index is 9.96. The molecule has 2 nitrogen and oxygen atoms in total. The molecule has 0 aromatic rings. The third-order valence-electron chi connectivity index (χ3n) is 4.52. The average Bonchev–Trinajstić information content (AvgIpc) is 2.66. The molecule has 0 aliphatic heterocycles. The lowest BCUT2D eigenvalue weighted by Crippen LogP contribution is -1.80. The van der Waals surface area contributed by atoms with Crippen molar-refractivity contribution in [3.05, 3.63) is 12.2 Å². The molecule has 0 bridgehead atoms. The van der Waals surface area contributed by atoms with Crippen molar-refractivity contribution in [3.8, 4) is 6.07 Å². The Balaban J connectivity index is 0. The van der Waals surface area contributed by atoms with Gasteiger partial charge in [-0.15, -0.1) is 0 Å². The van der Waals surface area contributed by atoms with E-state index < -0.39 is 0 Å². The first-order chi connectivity index (χ1) is 12.8. The van der Waals surface area contributed by atoms with Crippen LogP contribution in [-0.4, -0.2) is 6.29 Å². The number of nitriles is 1. The first kappa shape index (κ1) is 27.1. The van der Waals surface area contributed by atoms with E-state index in [4.69, 9.17) is 5.26 Å². The second-order valence-corrected chi connectivity index (χ2v) is 7.17. The highest BCUT2D eigenvalue weighted by Crippen LogP contribution is 2.10. The Bertz CT molecular complexity index is 317. The van der Waals surface area contributed by atoms with Crippen LogP contribution in [0.3, 0.4) is 0 Å².